The number of likely N-dealkylation sites (N-methyl/N-ethyl adjacent to an activating group) is 1. The van der Waals surface area contributed by atoms with E-state index in [4.69, 9.17) is 0 Å². The van der Waals surface area contributed by atoms with Crippen LogP contribution in [0.4, 0.5) is 18.9 Å². The molecule has 0 radical (unpaired) electrons. The number of carbonyl (C=O) groups is 1. The number of nitrogens with one attached hydrogen (secondary N) is 1. The average Bonchev–Trinajstić information content (AvgIpc) is 2.77. The van der Waals surface area contributed by atoms with Crippen molar-refractivity contribution < 1.29 is 23.1 Å². The van der Waals surface area contributed by atoms with E-state index in [-0.39, 0.29) is 30.2 Å². The van der Waals surface area contributed by atoms with Crippen LogP contribution in [0.5, 0.6) is 0 Å². The van der Waals surface area contributed by atoms with E-state index in [0.29, 0.717) is 11.6 Å². The van der Waals surface area contributed by atoms with E-state index < -0.39 is 40.9 Å². The van der Waals surface area contributed by atoms with Crippen LogP contribution in [0.2, 0.25) is 0 Å². The van der Waals surface area contributed by atoms with Gasteiger partial charge in [0.05, 0.1) is 23.2 Å². The number of carbonyl (C=O) groups excluding carboxylic acids is 1. The van der Waals surface area contributed by atoms with Crippen molar-refractivity contribution in [2.45, 2.75) is 31.4 Å². The highest BCUT2D eigenvalue weighted by Gasteiger charge is 2.49. The SMILES string of the molecule is CNC[C@H](O)[C@H](c1cc(F)cc(F)c1)N1C(=O)C(C)(C)c2cccc(F)c21.Cl. The van der Waals surface area contributed by atoms with Crippen molar-refractivity contribution in [1.29, 1.82) is 0 Å². The van der Waals surface area contributed by atoms with E-state index in [1.165, 1.54) is 12.1 Å². The molecule has 0 fully saturated rings. The minimum atomic E-state index is -1.22. The van der Waals surface area contributed by atoms with E-state index >= 15 is 0 Å². The molecule has 0 saturated heterocycles. The van der Waals surface area contributed by atoms with Crippen LogP contribution in [0, 0.1) is 17.5 Å². The zero-order valence-corrected chi connectivity index (χ0v) is 16.5. The van der Waals surface area contributed by atoms with E-state index in [1.807, 2.05) is 0 Å². The summed E-state index contributed by atoms with van der Waals surface area (Å²) in [6.07, 6.45) is -1.22. The second-order valence-corrected chi connectivity index (χ2v) is 7.21. The van der Waals surface area contributed by atoms with Gasteiger partial charge in [-0.25, -0.2) is 13.2 Å². The summed E-state index contributed by atoms with van der Waals surface area (Å²) in [6, 6.07) is 6.01. The fourth-order valence-electron chi connectivity index (χ4n) is 3.66. The van der Waals surface area contributed by atoms with Crippen molar-refractivity contribution in [3.05, 3.63) is 65.0 Å². The zero-order chi connectivity index (χ0) is 19.9. The third kappa shape index (κ3) is 3.62. The van der Waals surface area contributed by atoms with E-state index in [2.05, 4.69) is 5.32 Å². The van der Waals surface area contributed by atoms with Gasteiger partial charge in [0.1, 0.15) is 17.5 Å². The summed E-state index contributed by atoms with van der Waals surface area (Å²) in [4.78, 5) is 14.3. The largest absolute Gasteiger partial charge is 0.389 e. The van der Waals surface area contributed by atoms with Gasteiger partial charge >= 0.3 is 0 Å². The van der Waals surface area contributed by atoms with Crippen LogP contribution in [-0.2, 0) is 10.2 Å². The molecule has 3 rings (SSSR count). The molecule has 1 aliphatic heterocycles. The molecule has 0 saturated carbocycles. The van der Waals surface area contributed by atoms with Crippen molar-refractivity contribution in [1.82, 2.24) is 5.32 Å². The van der Waals surface area contributed by atoms with Crippen LogP contribution in [0.1, 0.15) is 31.0 Å². The lowest BCUT2D eigenvalue weighted by Crippen LogP contribution is -2.46. The Hall–Kier alpha value is -2.09. The molecule has 0 aromatic heterocycles. The molecule has 0 aliphatic carbocycles. The number of benzene rings is 2. The second kappa shape index (κ2) is 8.11. The topological polar surface area (TPSA) is 52.6 Å². The van der Waals surface area contributed by atoms with Gasteiger partial charge in [-0.15, -0.1) is 12.4 Å². The zero-order valence-electron chi connectivity index (χ0n) is 15.7. The molecule has 28 heavy (non-hydrogen) atoms. The maximum atomic E-state index is 14.7. The molecule has 1 heterocycles. The monoisotopic (exact) mass is 414 g/mol. The number of para-hydroxylation sites is 1. The van der Waals surface area contributed by atoms with Crippen LogP contribution >= 0.6 is 12.4 Å². The van der Waals surface area contributed by atoms with Crippen LogP contribution < -0.4 is 10.2 Å². The normalized spacial score (nSPS) is 17.1. The average molecular weight is 415 g/mol. The van der Waals surface area contributed by atoms with E-state index in [0.717, 1.165) is 17.0 Å². The van der Waals surface area contributed by atoms with E-state index in [1.54, 1.807) is 27.0 Å². The van der Waals surface area contributed by atoms with E-state index in [9.17, 15) is 23.1 Å². The molecule has 0 unspecified atom stereocenters. The first-order valence-corrected chi connectivity index (χ1v) is 8.59. The standard InChI is InChI=1S/C20H21F3N2O2.ClH/c1-20(2)14-5-4-6-15(23)18(14)25(19(20)27)17(16(26)10-24-3)11-7-12(21)9-13(22)8-11;/h4-9,16-17,24,26H,10H2,1-3H3;1H/t16-,17-;/m0./s1. The summed E-state index contributed by atoms with van der Waals surface area (Å²) in [5.74, 6) is -2.77. The molecule has 4 nitrogen and oxygen atoms in total. The summed E-state index contributed by atoms with van der Waals surface area (Å²) in [5, 5.41) is 13.5. The minimum Gasteiger partial charge on any atom is -0.389 e. The number of hydrogen-bond acceptors (Lipinski definition) is 3. The number of amides is 1. The maximum absolute atomic E-state index is 14.7. The molecular weight excluding hydrogens is 393 g/mol. The number of aliphatic hydroxyl groups excluding tert-OH is 1. The van der Waals surface area contributed by atoms with Crippen LogP contribution in [0.3, 0.4) is 0 Å². The molecule has 0 spiro atoms. The molecule has 2 atom stereocenters. The van der Waals surface area contributed by atoms with Gasteiger partial charge in [-0.05, 0) is 50.2 Å². The first-order valence-electron chi connectivity index (χ1n) is 8.59. The van der Waals surface area contributed by atoms with Gasteiger partial charge < -0.3 is 10.4 Å². The van der Waals surface area contributed by atoms with Crippen molar-refractivity contribution in [3.63, 3.8) is 0 Å². The fraction of sp³-hybridized carbons (Fsp3) is 0.350. The van der Waals surface area contributed by atoms with Gasteiger partial charge in [-0.2, -0.15) is 0 Å². The summed E-state index contributed by atoms with van der Waals surface area (Å²) in [6.45, 7) is 3.35. The van der Waals surface area contributed by atoms with Gasteiger partial charge in [0.2, 0.25) is 5.91 Å². The third-order valence-corrected chi connectivity index (χ3v) is 4.94. The number of anilines is 1. The molecule has 8 heteroatoms. The number of aliphatic hydroxyl groups is 1. The number of rotatable bonds is 5. The Balaban J connectivity index is 0.00000280. The Bertz CT molecular complexity index is 871. The summed E-state index contributed by atoms with van der Waals surface area (Å²) >= 11 is 0. The first-order chi connectivity index (χ1) is 12.7. The Morgan fingerprint density at radius 3 is 2.32 bits per heavy atom. The lowest BCUT2D eigenvalue weighted by molar-refractivity contribution is -0.123. The summed E-state index contributed by atoms with van der Waals surface area (Å²) in [5.41, 5.74) is -0.500. The summed E-state index contributed by atoms with van der Waals surface area (Å²) < 4.78 is 42.4. The molecule has 0 bridgehead atoms. The Kier molecular flexibility index (Phi) is 6.43. The highest BCUT2D eigenvalue weighted by atomic mass is 35.5. The Morgan fingerprint density at radius 1 is 1.14 bits per heavy atom. The maximum Gasteiger partial charge on any atom is 0.237 e. The van der Waals surface area contributed by atoms with Crippen molar-refractivity contribution in [2.24, 2.45) is 0 Å². The Morgan fingerprint density at radius 2 is 1.75 bits per heavy atom. The molecule has 1 aliphatic rings. The fourth-order valence-corrected chi connectivity index (χ4v) is 3.66. The molecule has 1 amide bonds. The summed E-state index contributed by atoms with van der Waals surface area (Å²) in [7, 11) is 1.59. The van der Waals surface area contributed by atoms with Gasteiger partial charge in [-0.1, -0.05) is 12.1 Å². The predicted molar refractivity (Wildman–Crippen MR) is 103 cm³/mol. The molecular formula is C20H22ClF3N2O2. The highest BCUT2D eigenvalue weighted by Crippen LogP contribution is 2.47. The van der Waals surface area contributed by atoms with Crippen LogP contribution in [-0.4, -0.2) is 30.7 Å². The van der Waals surface area contributed by atoms with Crippen molar-refractivity contribution in [3.8, 4) is 0 Å². The second-order valence-electron chi connectivity index (χ2n) is 7.21. The minimum absolute atomic E-state index is 0. The van der Waals surface area contributed by atoms with Gasteiger partial charge in [0.15, 0.2) is 0 Å². The third-order valence-electron chi connectivity index (χ3n) is 4.94. The highest BCUT2D eigenvalue weighted by molar-refractivity contribution is 6.08. The predicted octanol–water partition coefficient (Wildman–Crippen LogP) is 3.47. The van der Waals surface area contributed by atoms with Crippen LogP contribution in [0.15, 0.2) is 36.4 Å². The quantitative estimate of drug-likeness (QED) is 0.787. The molecule has 2 N–H and O–H groups in total. The van der Waals surface area contributed by atoms with Crippen molar-refractivity contribution in [2.75, 3.05) is 18.5 Å². The lowest BCUT2D eigenvalue weighted by Gasteiger charge is -2.34. The lowest BCUT2D eigenvalue weighted by atomic mass is 9.86. The number of halogens is 4. The van der Waals surface area contributed by atoms with Gasteiger partial charge in [0, 0.05) is 12.6 Å². The smallest absolute Gasteiger partial charge is 0.237 e. The van der Waals surface area contributed by atoms with Crippen molar-refractivity contribution >= 4 is 24.0 Å². The molecule has 2 aromatic rings. The number of hydrogen-bond donors (Lipinski definition) is 2. The van der Waals surface area contributed by atoms with Crippen LogP contribution in [0.25, 0.3) is 0 Å². The molecule has 152 valence electrons. The molecule has 2 aromatic carbocycles. The Labute approximate surface area is 167 Å². The number of fused-ring (bicyclic) bond motifs is 1. The van der Waals surface area contributed by atoms with Gasteiger partial charge in [-0.3, -0.25) is 9.69 Å². The first kappa shape index (κ1) is 22.2. The van der Waals surface area contributed by atoms with Gasteiger partial charge in [0.25, 0.3) is 0 Å². The number of nitrogens with zero attached hydrogens (tertiary/aromatic N) is 1.